The molecule has 0 saturated carbocycles. The third-order valence-electron chi connectivity index (χ3n) is 3.20. The molecule has 1 unspecified atom stereocenters. The Labute approximate surface area is 101 Å². The summed E-state index contributed by atoms with van der Waals surface area (Å²) in [5, 5.41) is 8.04. The van der Waals surface area contributed by atoms with Crippen molar-refractivity contribution in [3.05, 3.63) is 5.89 Å². The van der Waals surface area contributed by atoms with Crippen LogP contribution in [0.2, 0.25) is 0 Å². The summed E-state index contributed by atoms with van der Waals surface area (Å²) in [6, 6.07) is 0.656. The molecule has 0 aliphatic carbocycles. The lowest BCUT2D eigenvalue weighted by Crippen LogP contribution is -2.21. The lowest BCUT2D eigenvalue weighted by molar-refractivity contribution is 0.419. The van der Waals surface area contributed by atoms with Gasteiger partial charge in [-0.05, 0) is 18.3 Å². The standard InChI is InChI=1S/C11H18ClN3O/c1-8(2)9-4-6-15(7-9)11-14-13-10(16-11)3-5-12/h8-9H,3-7H2,1-2H3. The second kappa shape index (κ2) is 5.04. The van der Waals surface area contributed by atoms with Crippen LogP contribution in [-0.4, -0.2) is 29.2 Å². The Bertz CT molecular complexity index is 340. The molecule has 5 heteroatoms. The average Bonchev–Trinajstić information content (AvgIpc) is 2.84. The van der Waals surface area contributed by atoms with Gasteiger partial charge in [-0.1, -0.05) is 18.9 Å². The molecule has 1 aromatic rings. The molecule has 2 heterocycles. The van der Waals surface area contributed by atoms with Crippen LogP contribution in [0.3, 0.4) is 0 Å². The summed E-state index contributed by atoms with van der Waals surface area (Å²) in [7, 11) is 0. The summed E-state index contributed by atoms with van der Waals surface area (Å²) >= 11 is 5.63. The first-order chi connectivity index (χ1) is 7.70. The number of rotatable bonds is 4. The molecule has 16 heavy (non-hydrogen) atoms. The number of alkyl halides is 1. The van der Waals surface area contributed by atoms with Crippen molar-refractivity contribution in [2.45, 2.75) is 26.7 Å². The highest BCUT2D eigenvalue weighted by atomic mass is 35.5. The highest BCUT2D eigenvalue weighted by molar-refractivity contribution is 6.17. The number of nitrogens with zero attached hydrogens (tertiary/aromatic N) is 3. The van der Waals surface area contributed by atoms with Crippen LogP contribution < -0.4 is 4.90 Å². The maximum absolute atomic E-state index is 5.63. The van der Waals surface area contributed by atoms with Gasteiger partial charge in [-0.25, -0.2) is 0 Å². The number of anilines is 1. The first-order valence-corrected chi connectivity index (χ1v) is 6.37. The Kier molecular flexibility index (Phi) is 3.69. The fourth-order valence-corrected chi connectivity index (χ4v) is 2.22. The summed E-state index contributed by atoms with van der Waals surface area (Å²) in [4.78, 5) is 2.18. The van der Waals surface area contributed by atoms with Crippen molar-refractivity contribution in [2.75, 3.05) is 23.9 Å². The van der Waals surface area contributed by atoms with E-state index in [1.54, 1.807) is 0 Å². The molecule has 0 spiro atoms. The molecule has 1 atom stereocenters. The van der Waals surface area contributed by atoms with Gasteiger partial charge in [-0.3, -0.25) is 0 Å². The van der Waals surface area contributed by atoms with Crippen molar-refractivity contribution in [2.24, 2.45) is 11.8 Å². The zero-order chi connectivity index (χ0) is 11.5. The second-order valence-corrected chi connectivity index (χ2v) is 5.03. The normalized spacial score (nSPS) is 21.0. The van der Waals surface area contributed by atoms with Crippen molar-refractivity contribution in [3.8, 4) is 0 Å². The first-order valence-electron chi connectivity index (χ1n) is 5.84. The molecule has 4 nitrogen and oxygen atoms in total. The van der Waals surface area contributed by atoms with Crippen LogP contribution in [0.5, 0.6) is 0 Å². The van der Waals surface area contributed by atoms with E-state index < -0.39 is 0 Å². The minimum Gasteiger partial charge on any atom is -0.408 e. The van der Waals surface area contributed by atoms with E-state index in [0.29, 0.717) is 24.2 Å². The molecule has 0 aromatic carbocycles. The van der Waals surface area contributed by atoms with Gasteiger partial charge < -0.3 is 9.32 Å². The van der Waals surface area contributed by atoms with Gasteiger partial charge >= 0.3 is 6.01 Å². The molecule has 1 aliphatic rings. The van der Waals surface area contributed by atoms with Gasteiger partial charge in [-0.2, -0.15) is 0 Å². The average molecular weight is 244 g/mol. The Morgan fingerprint density at radius 3 is 2.94 bits per heavy atom. The van der Waals surface area contributed by atoms with Crippen molar-refractivity contribution in [3.63, 3.8) is 0 Å². The van der Waals surface area contributed by atoms with Crippen LogP contribution in [0.4, 0.5) is 6.01 Å². The lowest BCUT2D eigenvalue weighted by atomic mass is 9.95. The molecule has 1 aliphatic heterocycles. The molecule has 1 aromatic heterocycles. The van der Waals surface area contributed by atoms with Crippen LogP contribution >= 0.6 is 11.6 Å². The van der Waals surface area contributed by atoms with Crippen LogP contribution in [0.25, 0.3) is 0 Å². The summed E-state index contributed by atoms with van der Waals surface area (Å²) < 4.78 is 5.56. The Hall–Kier alpha value is -0.770. The zero-order valence-electron chi connectivity index (χ0n) is 9.82. The van der Waals surface area contributed by atoms with Crippen molar-refractivity contribution in [1.82, 2.24) is 10.2 Å². The third-order valence-corrected chi connectivity index (χ3v) is 3.39. The van der Waals surface area contributed by atoms with E-state index in [0.717, 1.165) is 24.9 Å². The van der Waals surface area contributed by atoms with E-state index >= 15 is 0 Å². The van der Waals surface area contributed by atoms with Crippen LogP contribution in [0.1, 0.15) is 26.2 Å². The number of hydrogen-bond acceptors (Lipinski definition) is 4. The number of halogens is 1. The Morgan fingerprint density at radius 2 is 2.31 bits per heavy atom. The van der Waals surface area contributed by atoms with Crippen molar-refractivity contribution in [1.29, 1.82) is 0 Å². The predicted octanol–water partition coefficient (Wildman–Crippen LogP) is 2.33. The summed E-state index contributed by atoms with van der Waals surface area (Å²) in [5.41, 5.74) is 0. The molecular formula is C11H18ClN3O. The topological polar surface area (TPSA) is 42.2 Å². The van der Waals surface area contributed by atoms with Gasteiger partial charge in [-0.15, -0.1) is 16.7 Å². The highest BCUT2D eigenvalue weighted by Crippen LogP contribution is 2.27. The summed E-state index contributed by atoms with van der Waals surface area (Å²) in [6.07, 6.45) is 1.86. The van der Waals surface area contributed by atoms with Gasteiger partial charge in [0.05, 0.1) is 0 Å². The van der Waals surface area contributed by atoms with Gasteiger partial charge in [0.25, 0.3) is 0 Å². The molecule has 90 valence electrons. The number of hydrogen-bond donors (Lipinski definition) is 0. The van der Waals surface area contributed by atoms with Crippen molar-refractivity contribution >= 4 is 17.6 Å². The van der Waals surface area contributed by atoms with Crippen molar-refractivity contribution < 1.29 is 4.42 Å². The first kappa shape index (κ1) is 11.7. The monoisotopic (exact) mass is 243 g/mol. The maximum atomic E-state index is 5.63. The minimum absolute atomic E-state index is 0.524. The van der Waals surface area contributed by atoms with E-state index in [4.69, 9.17) is 16.0 Å². The molecule has 2 rings (SSSR count). The second-order valence-electron chi connectivity index (χ2n) is 4.66. The fourth-order valence-electron chi connectivity index (χ4n) is 2.06. The Morgan fingerprint density at radius 1 is 1.50 bits per heavy atom. The molecule has 0 N–H and O–H groups in total. The molecule has 0 amide bonds. The van der Waals surface area contributed by atoms with E-state index in [9.17, 15) is 0 Å². The third kappa shape index (κ3) is 2.48. The predicted molar refractivity (Wildman–Crippen MR) is 63.9 cm³/mol. The van der Waals surface area contributed by atoms with Gasteiger partial charge in [0.15, 0.2) is 0 Å². The van der Waals surface area contributed by atoms with Crippen LogP contribution in [-0.2, 0) is 6.42 Å². The van der Waals surface area contributed by atoms with Crippen LogP contribution in [0, 0.1) is 11.8 Å². The minimum atomic E-state index is 0.524. The fraction of sp³-hybridized carbons (Fsp3) is 0.818. The quantitative estimate of drug-likeness (QED) is 0.762. The van der Waals surface area contributed by atoms with Gasteiger partial charge in [0.2, 0.25) is 5.89 Å². The van der Waals surface area contributed by atoms with E-state index in [1.807, 2.05) is 0 Å². The molecule has 0 bridgehead atoms. The highest BCUT2D eigenvalue weighted by Gasteiger charge is 2.27. The molecule has 0 radical (unpaired) electrons. The zero-order valence-corrected chi connectivity index (χ0v) is 10.6. The molecular weight excluding hydrogens is 226 g/mol. The lowest BCUT2D eigenvalue weighted by Gasteiger charge is -2.15. The molecule has 1 fully saturated rings. The number of aryl methyl sites for hydroxylation is 1. The molecule has 1 saturated heterocycles. The van der Waals surface area contributed by atoms with E-state index in [2.05, 4.69) is 28.9 Å². The summed E-state index contributed by atoms with van der Waals surface area (Å²) in [6.45, 7) is 6.58. The largest absolute Gasteiger partial charge is 0.408 e. The van der Waals surface area contributed by atoms with Gasteiger partial charge in [0, 0.05) is 25.4 Å². The van der Waals surface area contributed by atoms with E-state index in [-0.39, 0.29) is 0 Å². The van der Waals surface area contributed by atoms with E-state index in [1.165, 1.54) is 6.42 Å². The summed E-state index contributed by atoms with van der Waals surface area (Å²) in [5.74, 6) is 2.62. The SMILES string of the molecule is CC(C)C1CCN(c2nnc(CCCl)o2)C1. The maximum Gasteiger partial charge on any atom is 0.318 e. The van der Waals surface area contributed by atoms with Crippen LogP contribution in [0.15, 0.2) is 4.42 Å². The number of aromatic nitrogens is 2. The Balaban J connectivity index is 1.97. The smallest absolute Gasteiger partial charge is 0.318 e. The van der Waals surface area contributed by atoms with Gasteiger partial charge in [0.1, 0.15) is 0 Å².